The Hall–Kier alpha value is -6.25. The quantitative estimate of drug-likeness (QED) is 0.186. The Kier molecular flexibility index (Phi) is 6.25. The van der Waals surface area contributed by atoms with Gasteiger partial charge in [-0.1, -0.05) is 135 Å². The van der Waals surface area contributed by atoms with Gasteiger partial charge in [-0.3, -0.25) is 4.98 Å². The van der Waals surface area contributed by atoms with E-state index in [0.29, 0.717) is 0 Å². The fourth-order valence-electron chi connectivity index (χ4n) is 8.58. The molecule has 50 heavy (non-hydrogen) atoms. The van der Waals surface area contributed by atoms with Crippen molar-refractivity contribution in [2.24, 2.45) is 0 Å². The van der Waals surface area contributed by atoms with Gasteiger partial charge >= 0.3 is 0 Å². The van der Waals surface area contributed by atoms with E-state index in [1.54, 1.807) is 0 Å². The Morgan fingerprint density at radius 1 is 0.460 bits per heavy atom. The average Bonchev–Trinajstić information content (AvgIpc) is 3.62. The van der Waals surface area contributed by atoms with Crippen LogP contribution in [0.15, 0.2) is 170 Å². The van der Waals surface area contributed by atoms with Crippen molar-refractivity contribution in [3.8, 4) is 55.6 Å². The molecule has 236 valence electrons. The van der Waals surface area contributed by atoms with Gasteiger partial charge in [-0.2, -0.15) is 0 Å². The summed E-state index contributed by atoms with van der Waals surface area (Å²) in [5.74, 6) is 0. The lowest BCUT2D eigenvalue weighted by atomic mass is 9.82. The first kappa shape index (κ1) is 28.7. The summed E-state index contributed by atoms with van der Waals surface area (Å²) < 4.78 is 0. The number of pyridine rings is 1. The molecule has 2 heteroatoms. The molecule has 2 aliphatic carbocycles. The van der Waals surface area contributed by atoms with Crippen LogP contribution in [0.5, 0.6) is 0 Å². The molecule has 0 saturated carbocycles. The van der Waals surface area contributed by atoms with E-state index in [1.807, 2.05) is 18.5 Å². The predicted molar refractivity (Wildman–Crippen MR) is 209 cm³/mol. The Morgan fingerprint density at radius 2 is 1.06 bits per heavy atom. The molecule has 1 aromatic heterocycles. The van der Waals surface area contributed by atoms with E-state index in [1.165, 1.54) is 72.1 Å². The number of anilines is 3. The molecule has 0 atom stereocenters. The fourth-order valence-corrected chi connectivity index (χ4v) is 8.58. The van der Waals surface area contributed by atoms with Crippen LogP contribution in [-0.4, -0.2) is 4.98 Å². The second kappa shape index (κ2) is 10.9. The Labute approximate surface area is 293 Å². The van der Waals surface area contributed by atoms with E-state index in [9.17, 15) is 0 Å². The van der Waals surface area contributed by atoms with Crippen LogP contribution in [0.4, 0.5) is 17.1 Å². The van der Waals surface area contributed by atoms with Gasteiger partial charge in [-0.25, -0.2) is 0 Å². The number of benzene rings is 7. The van der Waals surface area contributed by atoms with Gasteiger partial charge in [0, 0.05) is 40.3 Å². The van der Waals surface area contributed by atoms with Gasteiger partial charge in [0.1, 0.15) is 0 Å². The minimum absolute atomic E-state index is 0.102. The van der Waals surface area contributed by atoms with Crippen LogP contribution in [0, 0.1) is 0 Å². The Balaban J connectivity index is 1.20. The van der Waals surface area contributed by atoms with Gasteiger partial charge in [0.25, 0.3) is 0 Å². The molecule has 0 bridgehead atoms. The predicted octanol–water partition coefficient (Wildman–Crippen LogP) is 13.0. The molecule has 0 radical (unpaired) electrons. The summed E-state index contributed by atoms with van der Waals surface area (Å²) in [4.78, 5) is 6.88. The summed E-state index contributed by atoms with van der Waals surface area (Å²) in [6.45, 7) is 4.70. The highest BCUT2D eigenvalue weighted by Crippen LogP contribution is 2.55. The van der Waals surface area contributed by atoms with Crippen LogP contribution in [0.25, 0.3) is 66.4 Å². The van der Waals surface area contributed by atoms with E-state index in [-0.39, 0.29) is 5.41 Å². The van der Waals surface area contributed by atoms with Crippen LogP contribution >= 0.6 is 0 Å². The third kappa shape index (κ3) is 4.18. The summed E-state index contributed by atoms with van der Waals surface area (Å²) in [6.07, 6.45) is 3.77. The van der Waals surface area contributed by atoms with E-state index in [0.717, 1.165) is 22.5 Å². The van der Waals surface area contributed by atoms with Crippen LogP contribution in [0.3, 0.4) is 0 Å². The molecule has 0 aliphatic heterocycles. The van der Waals surface area contributed by atoms with Crippen LogP contribution < -0.4 is 4.90 Å². The number of nitrogens with zero attached hydrogens (tertiary/aromatic N) is 2. The number of rotatable bonds is 5. The van der Waals surface area contributed by atoms with Gasteiger partial charge in [-0.05, 0) is 103 Å². The minimum atomic E-state index is -0.102. The molecule has 0 N–H and O–H groups in total. The van der Waals surface area contributed by atoms with Crippen molar-refractivity contribution >= 4 is 27.8 Å². The van der Waals surface area contributed by atoms with Crippen molar-refractivity contribution in [2.75, 3.05) is 4.90 Å². The SMILES string of the molecule is CC1(C)c2ccccc2-c2c(N(c3cccc(-c4cccnc4)c3)c3cccc(-c4ccc5c6c(cccc46)-c4ccccc4-5)c3)cccc21. The summed E-state index contributed by atoms with van der Waals surface area (Å²) in [7, 11) is 0. The highest BCUT2D eigenvalue weighted by molar-refractivity contribution is 6.18. The van der Waals surface area contributed by atoms with Crippen molar-refractivity contribution in [1.82, 2.24) is 4.98 Å². The van der Waals surface area contributed by atoms with E-state index >= 15 is 0 Å². The second-order valence-electron chi connectivity index (χ2n) is 14.0. The third-order valence-electron chi connectivity index (χ3n) is 10.9. The molecule has 1 heterocycles. The van der Waals surface area contributed by atoms with Gasteiger partial charge in [0.2, 0.25) is 0 Å². The smallest absolute Gasteiger partial charge is 0.0543 e. The molecule has 2 nitrogen and oxygen atoms in total. The van der Waals surface area contributed by atoms with E-state index < -0.39 is 0 Å². The van der Waals surface area contributed by atoms with Crippen LogP contribution in [0.1, 0.15) is 25.0 Å². The maximum Gasteiger partial charge on any atom is 0.0543 e. The molecule has 0 spiro atoms. The summed E-state index contributed by atoms with van der Waals surface area (Å²) in [6, 6.07) is 58.0. The number of hydrogen-bond donors (Lipinski definition) is 0. The van der Waals surface area contributed by atoms with Crippen LogP contribution in [0.2, 0.25) is 0 Å². The molecule has 10 rings (SSSR count). The maximum absolute atomic E-state index is 4.43. The second-order valence-corrected chi connectivity index (χ2v) is 14.0. The first-order chi connectivity index (χ1) is 24.6. The number of fused-ring (bicyclic) bond motifs is 6. The van der Waals surface area contributed by atoms with Gasteiger partial charge in [0.15, 0.2) is 0 Å². The fraction of sp³-hybridized carbons (Fsp3) is 0.0625. The van der Waals surface area contributed by atoms with Crippen molar-refractivity contribution < 1.29 is 0 Å². The Morgan fingerprint density at radius 3 is 1.84 bits per heavy atom. The molecule has 0 saturated heterocycles. The lowest BCUT2D eigenvalue weighted by Gasteiger charge is -2.29. The number of aromatic nitrogens is 1. The Bertz CT molecular complexity index is 2600. The molecular formula is C48H34N2. The monoisotopic (exact) mass is 638 g/mol. The molecule has 0 fully saturated rings. The summed E-state index contributed by atoms with van der Waals surface area (Å²) >= 11 is 0. The van der Waals surface area contributed by atoms with Gasteiger partial charge in [-0.15, -0.1) is 0 Å². The average molecular weight is 639 g/mol. The molecular weight excluding hydrogens is 605 g/mol. The maximum atomic E-state index is 4.43. The normalized spacial score (nSPS) is 13.2. The number of hydrogen-bond acceptors (Lipinski definition) is 2. The minimum Gasteiger partial charge on any atom is -0.310 e. The zero-order chi connectivity index (χ0) is 33.4. The highest BCUT2D eigenvalue weighted by Gasteiger charge is 2.37. The molecule has 7 aromatic carbocycles. The van der Waals surface area contributed by atoms with Crippen LogP contribution in [-0.2, 0) is 5.41 Å². The standard InChI is InChI=1S/C48H34N2/c1-48(2)43-22-6-5-19-42(43)47-44(48)23-10-24-45(47)50(34-15-7-12-31(28-34)33-14-11-27-49-30-33)35-16-8-13-32(29-35)36-25-26-41-38-18-4-3-17-37(38)40-21-9-20-39(36)46(40)41/h3-30H,1-2H3. The third-order valence-corrected chi connectivity index (χ3v) is 10.9. The zero-order valence-corrected chi connectivity index (χ0v) is 28.1. The lowest BCUT2D eigenvalue weighted by Crippen LogP contribution is -2.16. The molecule has 8 aromatic rings. The molecule has 2 aliphatic rings. The first-order valence-electron chi connectivity index (χ1n) is 17.4. The molecule has 0 unspecified atom stereocenters. The van der Waals surface area contributed by atoms with Gasteiger partial charge in [0.05, 0.1) is 5.69 Å². The van der Waals surface area contributed by atoms with Crippen molar-refractivity contribution in [2.45, 2.75) is 19.3 Å². The largest absolute Gasteiger partial charge is 0.310 e. The summed E-state index contributed by atoms with van der Waals surface area (Å²) in [5.41, 5.74) is 18.6. The van der Waals surface area contributed by atoms with Crippen molar-refractivity contribution in [3.63, 3.8) is 0 Å². The van der Waals surface area contributed by atoms with Crippen molar-refractivity contribution in [3.05, 3.63) is 181 Å². The highest BCUT2D eigenvalue weighted by atomic mass is 15.1. The van der Waals surface area contributed by atoms with Crippen molar-refractivity contribution in [1.29, 1.82) is 0 Å². The van der Waals surface area contributed by atoms with Gasteiger partial charge < -0.3 is 4.90 Å². The lowest BCUT2D eigenvalue weighted by molar-refractivity contribution is 0.660. The zero-order valence-electron chi connectivity index (χ0n) is 28.1. The first-order valence-corrected chi connectivity index (χ1v) is 17.4. The topological polar surface area (TPSA) is 16.1 Å². The molecule has 0 amide bonds. The van der Waals surface area contributed by atoms with E-state index in [2.05, 4.69) is 175 Å². The summed E-state index contributed by atoms with van der Waals surface area (Å²) in [5, 5.41) is 2.63. The van der Waals surface area contributed by atoms with E-state index in [4.69, 9.17) is 0 Å².